The third-order valence-electron chi connectivity index (χ3n) is 9.43. The van der Waals surface area contributed by atoms with Gasteiger partial charge in [-0.15, -0.1) is 0 Å². The van der Waals surface area contributed by atoms with E-state index < -0.39 is 11.5 Å². The Bertz CT molecular complexity index is 1930. The van der Waals surface area contributed by atoms with Crippen LogP contribution in [-0.4, -0.2) is 53.7 Å². The van der Waals surface area contributed by atoms with Crippen LogP contribution in [0, 0.1) is 12.8 Å². The zero-order valence-electron chi connectivity index (χ0n) is 23.7. The molecule has 3 aliphatic rings. The van der Waals surface area contributed by atoms with Crippen LogP contribution in [0.3, 0.4) is 0 Å². The lowest BCUT2D eigenvalue weighted by Crippen LogP contribution is -2.52. The highest BCUT2D eigenvalue weighted by Gasteiger charge is 2.70. The first-order valence-corrected chi connectivity index (χ1v) is 15.7. The van der Waals surface area contributed by atoms with Crippen molar-refractivity contribution >= 4 is 44.9 Å². The van der Waals surface area contributed by atoms with Gasteiger partial charge in [-0.1, -0.05) is 57.9 Å². The Morgan fingerprint density at radius 2 is 1.89 bits per heavy atom. The van der Waals surface area contributed by atoms with Crippen LogP contribution in [0.2, 0.25) is 5.02 Å². The number of aryl methyl sites for hydroxylation is 1. The van der Waals surface area contributed by atoms with Gasteiger partial charge in [0.2, 0.25) is 5.91 Å². The molecule has 5 heterocycles. The summed E-state index contributed by atoms with van der Waals surface area (Å²) in [5.74, 6) is -0.756. The van der Waals surface area contributed by atoms with Crippen LogP contribution in [0.25, 0.3) is 11.5 Å². The molecule has 9 nitrogen and oxygen atoms in total. The number of aromatic nitrogens is 5. The molecule has 3 aromatic carbocycles. The van der Waals surface area contributed by atoms with Crippen LogP contribution in [0.5, 0.6) is 0 Å². The predicted octanol–water partition coefficient (Wildman–Crippen LogP) is 6.09. The molecular weight excluding hydrogens is 642 g/mol. The average Bonchev–Trinajstić information content (AvgIpc) is 3.85. The number of rotatable bonds is 5. The first-order valence-electron chi connectivity index (χ1n) is 14.6. The van der Waals surface area contributed by atoms with Crippen molar-refractivity contribution in [2.24, 2.45) is 5.92 Å². The van der Waals surface area contributed by atoms with E-state index in [2.05, 4.69) is 36.2 Å². The molecule has 1 spiro atoms. The Labute approximate surface area is 267 Å². The highest BCUT2D eigenvalue weighted by molar-refractivity contribution is 9.10. The van der Waals surface area contributed by atoms with Gasteiger partial charge in [0.05, 0.1) is 17.3 Å². The summed E-state index contributed by atoms with van der Waals surface area (Å²) < 4.78 is 4.45. The summed E-state index contributed by atoms with van der Waals surface area (Å²) >= 11 is 10.1. The van der Waals surface area contributed by atoms with E-state index in [1.807, 2.05) is 78.3 Å². The van der Waals surface area contributed by atoms with Gasteiger partial charge in [-0.3, -0.25) is 14.5 Å². The lowest BCUT2D eigenvalue weighted by atomic mass is 9.68. The van der Waals surface area contributed by atoms with Crippen molar-refractivity contribution in [1.29, 1.82) is 0 Å². The van der Waals surface area contributed by atoms with E-state index in [-0.39, 0.29) is 23.7 Å². The van der Waals surface area contributed by atoms with Gasteiger partial charge in [-0.05, 0) is 68.8 Å². The van der Waals surface area contributed by atoms with Crippen molar-refractivity contribution in [3.63, 3.8) is 0 Å². The van der Waals surface area contributed by atoms with Crippen molar-refractivity contribution < 1.29 is 9.59 Å². The van der Waals surface area contributed by atoms with Crippen LogP contribution in [-0.2, 0) is 10.3 Å². The SMILES string of the molecule is Cc1nn(-c2ccccc2)c(-n2cncn2)c1C1C2CCCN2C2(C(=O)Nc3ccc(Cl)cc32)C1C(=O)c1ccc(Br)cc1. The van der Waals surface area contributed by atoms with Gasteiger partial charge < -0.3 is 5.32 Å². The molecule has 44 heavy (non-hydrogen) atoms. The van der Waals surface area contributed by atoms with Crippen molar-refractivity contribution in [2.45, 2.75) is 37.3 Å². The molecule has 0 radical (unpaired) electrons. The first-order chi connectivity index (χ1) is 21.4. The highest BCUT2D eigenvalue weighted by Crippen LogP contribution is 2.62. The minimum atomic E-state index is -1.25. The predicted molar refractivity (Wildman–Crippen MR) is 169 cm³/mol. The number of anilines is 1. The molecule has 3 aliphatic heterocycles. The topological polar surface area (TPSA) is 97.9 Å². The van der Waals surface area contributed by atoms with Crippen molar-refractivity contribution in [3.8, 4) is 11.5 Å². The number of ketones is 1. The Hall–Kier alpha value is -4.12. The van der Waals surface area contributed by atoms with E-state index in [9.17, 15) is 4.79 Å². The van der Waals surface area contributed by atoms with E-state index in [0.29, 0.717) is 28.6 Å². The Kier molecular flexibility index (Phi) is 6.37. The maximum Gasteiger partial charge on any atom is 0.250 e. The van der Waals surface area contributed by atoms with Gasteiger partial charge in [0, 0.05) is 43.8 Å². The van der Waals surface area contributed by atoms with Gasteiger partial charge in [0.15, 0.2) is 11.6 Å². The smallest absolute Gasteiger partial charge is 0.250 e. The van der Waals surface area contributed by atoms with Crippen LogP contribution in [0.1, 0.15) is 45.9 Å². The van der Waals surface area contributed by atoms with Crippen molar-refractivity contribution in [1.82, 2.24) is 29.4 Å². The number of halogens is 2. The molecular formula is C33H27BrClN7O2. The Morgan fingerprint density at radius 1 is 1.09 bits per heavy atom. The molecule has 0 aliphatic carbocycles. The normalized spacial score (nSPS) is 24.1. The van der Waals surface area contributed by atoms with E-state index in [0.717, 1.165) is 39.8 Å². The number of carbonyl (C=O) groups excluding carboxylic acids is 2. The largest absolute Gasteiger partial charge is 0.324 e. The maximum atomic E-state index is 15.0. The minimum Gasteiger partial charge on any atom is -0.324 e. The third kappa shape index (κ3) is 3.84. The van der Waals surface area contributed by atoms with E-state index >= 15 is 4.79 Å². The lowest BCUT2D eigenvalue weighted by molar-refractivity contribution is -0.127. The van der Waals surface area contributed by atoms with Gasteiger partial charge in [0.25, 0.3) is 0 Å². The van der Waals surface area contributed by atoms with Gasteiger partial charge >= 0.3 is 0 Å². The average molecular weight is 669 g/mol. The summed E-state index contributed by atoms with van der Waals surface area (Å²) in [7, 11) is 0. The van der Waals surface area contributed by atoms with E-state index in [1.165, 1.54) is 6.33 Å². The van der Waals surface area contributed by atoms with Gasteiger partial charge in [-0.25, -0.2) is 14.3 Å². The molecule has 1 N–H and O–H groups in total. The van der Waals surface area contributed by atoms with Crippen LogP contribution >= 0.6 is 27.5 Å². The monoisotopic (exact) mass is 667 g/mol. The number of carbonyl (C=O) groups is 2. The number of hydrogen-bond acceptors (Lipinski definition) is 6. The molecule has 4 unspecified atom stereocenters. The number of amides is 1. The second kappa shape index (κ2) is 10.2. The number of nitrogens with zero attached hydrogens (tertiary/aromatic N) is 6. The molecule has 2 saturated heterocycles. The van der Waals surface area contributed by atoms with Crippen molar-refractivity contribution in [3.05, 3.63) is 117 Å². The number of fused-ring (bicyclic) bond motifs is 4. The fourth-order valence-electron chi connectivity index (χ4n) is 7.85. The number of nitrogens with one attached hydrogen (secondary N) is 1. The zero-order chi connectivity index (χ0) is 30.2. The van der Waals surface area contributed by atoms with Crippen LogP contribution < -0.4 is 5.32 Å². The summed E-state index contributed by atoms with van der Waals surface area (Å²) in [5, 5.41) is 13.2. The minimum absolute atomic E-state index is 0.101. The number of para-hydroxylation sites is 1. The molecule has 2 fully saturated rings. The fraction of sp³-hybridized carbons (Fsp3) is 0.242. The molecule has 0 bridgehead atoms. The molecule has 1 amide bonds. The summed E-state index contributed by atoms with van der Waals surface area (Å²) in [6.07, 6.45) is 4.87. The summed E-state index contributed by atoms with van der Waals surface area (Å²) in [6.45, 7) is 2.65. The van der Waals surface area contributed by atoms with Gasteiger partial charge in [-0.2, -0.15) is 10.2 Å². The molecule has 8 rings (SSSR count). The lowest BCUT2D eigenvalue weighted by Gasteiger charge is -2.37. The number of hydrogen-bond donors (Lipinski definition) is 1. The summed E-state index contributed by atoms with van der Waals surface area (Å²) in [6, 6.07) is 22.6. The molecule has 4 atom stereocenters. The summed E-state index contributed by atoms with van der Waals surface area (Å²) in [5.41, 5.74) is 3.23. The zero-order valence-corrected chi connectivity index (χ0v) is 26.0. The third-order valence-corrected chi connectivity index (χ3v) is 10.2. The molecule has 2 aromatic heterocycles. The first kappa shape index (κ1) is 27.4. The quantitative estimate of drug-likeness (QED) is 0.228. The second-order valence-electron chi connectivity index (χ2n) is 11.6. The molecule has 11 heteroatoms. The van der Waals surface area contributed by atoms with E-state index in [1.54, 1.807) is 17.1 Å². The number of Topliss-reactive ketones (excluding diaryl/α,β-unsaturated/α-hetero) is 1. The molecule has 5 aromatic rings. The van der Waals surface area contributed by atoms with Crippen LogP contribution in [0.4, 0.5) is 5.69 Å². The second-order valence-corrected chi connectivity index (χ2v) is 13.0. The summed E-state index contributed by atoms with van der Waals surface area (Å²) in [4.78, 5) is 36.1. The Morgan fingerprint density at radius 3 is 2.64 bits per heavy atom. The Balaban J connectivity index is 1.43. The van der Waals surface area contributed by atoms with Gasteiger partial charge in [0.1, 0.15) is 18.2 Å². The maximum absolute atomic E-state index is 15.0. The van der Waals surface area contributed by atoms with E-state index in [4.69, 9.17) is 16.7 Å². The standard InChI is InChI=1S/C33H27BrClN7O2/c1-19-27(31(41-18-36-17-37-41)42(39-19)23-6-3-2-4-7-23)28-26-8-5-15-40(26)33(24-16-22(35)13-14-25(24)38-32(33)44)29(28)30(43)20-9-11-21(34)12-10-20/h2-4,6-7,9-14,16-18,26,28-29H,5,8,15H2,1H3,(H,38,44). The molecule has 220 valence electrons. The highest BCUT2D eigenvalue weighted by atomic mass is 79.9. The fourth-order valence-corrected chi connectivity index (χ4v) is 8.29. The van der Waals surface area contributed by atoms with Crippen molar-refractivity contribution in [2.75, 3.05) is 11.9 Å². The number of benzene rings is 3. The van der Waals surface area contributed by atoms with Crippen LogP contribution in [0.15, 0.2) is 89.9 Å². The molecule has 0 saturated carbocycles.